The van der Waals surface area contributed by atoms with Gasteiger partial charge in [-0.2, -0.15) is 0 Å². The quantitative estimate of drug-likeness (QED) is 0.497. The zero-order chi connectivity index (χ0) is 28.9. The molecule has 2 bridgehead atoms. The van der Waals surface area contributed by atoms with Gasteiger partial charge >= 0.3 is 0 Å². The monoisotopic (exact) mass is 561 g/mol. The average Bonchev–Trinajstić information content (AvgIpc) is 3.60. The molecule has 8 nitrogen and oxygen atoms in total. The Hall–Kier alpha value is -3.72. The minimum Gasteiger partial charge on any atom is -0.497 e. The SMILES string of the molecule is COc1ccc(NC(=O)[C@@H]2[C@@H]3C=C[C@]4(O3)[C@@H]2C(=O)N(Cc2ccccc2F)[C@H]4C(=O)N[C@@H]2CCC[C@H](C)[C@H]2C)cc1. The van der Waals surface area contributed by atoms with Crippen molar-refractivity contribution in [1.29, 1.82) is 0 Å². The molecular formula is C32H36FN3O5. The van der Waals surface area contributed by atoms with E-state index in [1.54, 1.807) is 61.7 Å². The Kier molecular flexibility index (Phi) is 7.09. The fourth-order valence-corrected chi connectivity index (χ4v) is 7.20. The van der Waals surface area contributed by atoms with Crippen LogP contribution in [0, 0.1) is 29.5 Å². The van der Waals surface area contributed by atoms with Crippen LogP contribution in [0.15, 0.2) is 60.7 Å². The van der Waals surface area contributed by atoms with E-state index in [2.05, 4.69) is 24.5 Å². The molecule has 2 saturated heterocycles. The van der Waals surface area contributed by atoms with Crippen LogP contribution < -0.4 is 15.4 Å². The van der Waals surface area contributed by atoms with Gasteiger partial charge in [-0.05, 0) is 48.6 Å². The number of amides is 3. The molecule has 3 heterocycles. The van der Waals surface area contributed by atoms with Crippen LogP contribution in [-0.2, 0) is 25.7 Å². The number of hydrogen-bond acceptors (Lipinski definition) is 5. The van der Waals surface area contributed by atoms with Crippen LogP contribution in [0.25, 0.3) is 0 Å². The van der Waals surface area contributed by atoms with E-state index in [1.165, 1.54) is 11.0 Å². The van der Waals surface area contributed by atoms with Crippen LogP contribution in [0.2, 0.25) is 0 Å². The summed E-state index contributed by atoms with van der Waals surface area (Å²) >= 11 is 0. The van der Waals surface area contributed by atoms with E-state index >= 15 is 0 Å². The number of ether oxygens (including phenoxy) is 2. The smallest absolute Gasteiger partial charge is 0.246 e. The van der Waals surface area contributed by atoms with E-state index < -0.39 is 35.4 Å². The Labute approximate surface area is 239 Å². The van der Waals surface area contributed by atoms with Gasteiger partial charge in [-0.25, -0.2) is 4.39 Å². The molecule has 1 aliphatic carbocycles. The number of methoxy groups -OCH3 is 1. The molecule has 4 aliphatic rings. The summed E-state index contributed by atoms with van der Waals surface area (Å²) in [7, 11) is 1.56. The molecule has 6 rings (SSSR count). The van der Waals surface area contributed by atoms with Crippen LogP contribution in [0.5, 0.6) is 5.75 Å². The minimum absolute atomic E-state index is 0.0381. The maximum Gasteiger partial charge on any atom is 0.246 e. The summed E-state index contributed by atoms with van der Waals surface area (Å²) < 4.78 is 26.4. The van der Waals surface area contributed by atoms with Crippen molar-refractivity contribution in [3.8, 4) is 5.75 Å². The fourth-order valence-electron chi connectivity index (χ4n) is 7.20. The van der Waals surface area contributed by atoms with Crippen molar-refractivity contribution in [1.82, 2.24) is 10.2 Å². The standard InChI is InChI=1S/C32H36FN3O5/c1-18-7-6-10-24(19(18)2)35-30(38)28-32-16-15-25(41-32)26(29(37)34-21-11-13-22(40-3)14-12-21)27(32)31(39)36(28)17-20-8-4-5-9-23(20)33/h4-5,8-9,11-16,18-19,24-28H,6-7,10,17H2,1-3H3,(H,34,37)(H,35,38)/t18-,19+,24+,25-,26+,27-,28-,32-/m0/s1. The lowest BCUT2D eigenvalue weighted by atomic mass is 9.73. The third-order valence-electron chi connectivity index (χ3n) is 9.62. The second kappa shape index (κ2) is 10.6. The van der Waals surface area contributed by atoms with Crippen molar-refractivity contribution in [2.24, 2.45) is 23.7 Å². The van der Waals surface area contributed by atoms with Gasteiger partial charge in [0.1, 0.15) is 23.2 Å². The molecule has 2 N–H and O–H groups in total. The van der Waals surface area contributed by atoms with Crippen molar-refractivity contribution in [2.45, 2.75) is 63.4 Å². The van der Waals surface area contributed by atoms with E-state index in [4.69, 9.17) is 9.47 Å². The molecular weight excluding hydrogens is 525 g/mol. The summed E-state index contributed by atoms with van der Waals surface area (Å²) in [5.41, 5.74) is -0.463. The molecule has 0 unspecified atom stereocenters. The van der Waals surface area contributed by atoms with Gasteiger partial charge in [0.2, 0.25) is 17.7 Å². The van der Waals surface area contributed by atoms with Crippen molar-refractivity contribution in [3.63, 3.8) is 0 Å². The highest BCUT2D eigenvalue weighted by Crippen LogP contribution is 2.55. The van der Waals surface area contributed by atoms with Crippen molar-refractivity contribution in [3.05, 3.63) is 72.1 Å². The predicted molar refractivity (Wildman–Crippen MR) is 150 cm³/mol. The Bertz CT molecular complexity index is 1380. The number of fused-ring (bicyclic) bond motifs is 1. The maximum absolute atomic E-state index is 14.8. The molecule has 8 atom stereocenters. The van der Waals surface area contributed by atoms with E-state index in [0.29, 0.717) is 22.9 Å². The molecule has 41 heavy (non-hydrogen) atoms. The predicted octanol–water partition coefficient (Wildman–Crippen LogP) is 4.06. The molecule has 3 amide bonds. The number of anilines is 1. The molecule has 216 valence electrons. The molecule has 2 aromatic carbocycles. The zero-order valence-corrected chi connectivity index (χ0v) is 23.5. The maximum atomic E-state index is 14.8. The summed E-state index contributed by atoms with van der Waals surface area (Å²) in [6.45, 7) is 4.23. The average molecular weight is 562 g/mol. The van der Waals surface area contributed by atoms with Crippen LogP contribution in [0.1, 0.15) is 38.7 Å². The first-order chi connectivity index (χ1) is 19.7. The summed E-state index contributed by atoms with van der Waals surface area (Å²) in [6, 6.07) is 12.1. The van der Waals surface area contributed by atoms with E-state index in [-0.39, 0.29) is 36.2 Å². The molecule has 1 saturated carbocycles. The minimum atomic E-state index is -1.32. The lowest BCUT2D eigenvalue weighted by Crippen LogP contribution is -2.57. The van der Waals surface area contributed by atoms with Gasteiger partial charge in [0.15, 0.2) is 0 Å². The molecule has 9 heteroatoms. The normalized spacial score (nSPS) is 33.5. The van der Waals surface area contributed by atoms with Gasteiger partial charge in [0, 0.05) is 23.8 Å². The van der Waals surface area contributed by atoms with Crippen LogP contribution in [0.3, 0.4) is 0 Å². The van der Waals surface area contributed by atoms with Gasteiger partial charge in [-0.3, -0.25) is 14.4 Å². The first-order valence-electron chi connectivity index (χ1n) is 14.4. The second-order valence-electron chi connectivity index (χ2n) is 11.9. The Morgan fingerprint density at radius 1 is 1.10 bits per heavy atom. The molecule has 0 aromatic heterocycles. The largest absolute Gasteiger partial charge is 0.497 e. The Morgan fingerprint density at radius 3 is 2.59 bits per heavy atom. The van der Waals surface area contributed by atoms with Crippen LogP contribution >= 0.6 is 0 Å². The van der Waals surface area contributed by atoms with Gasteiger partial charge in [0.05, 0.1) is 25.0 Å². The number of benzene rings is 2. The molecule has 1 spiro atoms. The summed E-state index contributed by atoms with van der Waals surface area (Å²) in [6.07, 6.45) is 5.88. The van der Waals surface area contributed by atoms with Crippen LogP contribution in [-0.4, -0.2) is 53.5 Å². The number of carbonyl (C=O) groups is 3. The van der Waals surface area contributed by atoms with Crippen molar-refractivity contribution < 1.29 is 28.2 Å². The number of carbonyl (C=O) groups excluding carboxylic acids is 3. The Morgan fingerprint density at radius 2 is 1.85 bits per heavy atom. The van der Waals surface area contributed by atoms with E-state index in [9.17, 15) is 18.8 Å². The number of nitrogens with one attached hydrogen (secondary N) is 2. The lowest BCUT2D eigenvalue weighted by Gasteiger charge is -2.38. The van der Waals surface area contributed by atoms with Gasteiger partial charge in [-0.1, -0.05) is 57.0 Å². The summed E-state index contributed by atoms with van der Waals surface area (Å²) in [5, 5.41) is 6.13. The number of rotatable bonds is 7. The highest BCUT2D eigenvalue weighted by atomic mass is 19.1. The first kappa shape index (κ1) is 27.4. The zero-order valence-electron chi connectivity index (χ0n) is 23.5. The molecule has 3 fully saturated rings. The third kappa shape index (κ3) is 4.60. The van der Waals surface area contributed by atoms with E-state index in [0.717, 1.165) is 19.3 Å². The number of likely N-dealkylation sites (tertiary alicyclic amines) is 1. The molecule has 0 radical (unpaired) electrons. The molecule has 2 aromatic rings. The van der Waals surface area contributed by atoms with Gasteiger partial charge in [0.25, 0.3) is 0 Å². The second-order valence-corrected chi connectivity index (χ2v) is 11.9. The summed E-state index contributed by atoms with van der Waals surface area (Å²) in [4.78, 5) is 43.4. The highest BCUT2D eigenvalue weighted by molar-refractivity contribution is 6.02. The Balaban J connectivity index is 1.32. The number of halogens is 1. The van der Waals surface area contributed by atoms with Gasteiger partial charge < -0.3 is 25.0 Å². The number of hydrogen-bond donors (Lipinski definition) is 2. The topological polar surface area (TPSA) is 97.0 Å². The van der Waals surface area contributed by atoms with Crippen molar-refractivity contribution in [2.75, 3.05) is 12.4 Å². The van der Waals surface area contributed by atoms with E-state index in [1.807, 2.05) is 0 Å². The third-order valence-corrected chi connectivity index (χ3v) is 9.62. The lowest BCUT2D eigenvalue weighted by molar-refractivity contribution is -0.142. The summed E-state index contributed by atoms with van der Waals surface area (Å²) in [5.74, 6) is -1.92. The fraction of sp³-hybridized carbons (Fsp3) is 0.469. The number of nitrogens with zero attached hydrogens (tertiary/aromatic N) is 1. The molecule has 3 aliphatic heterocycles. The van der Waals surface area contributed by atoms with Crippen LogP contribution in [0.4, 0.5) is 10.1 Å². The van der Waals surface area contributed by atoms with Gasteiger partial charge in [-0.15, -0.1) is 0 Å². The van der Waals surface area contributed by atoms with Crippen molar-refractivity contribution >= 4 is 23.4 Å². The highest BCUT2D eigenvalue weighted by Gasteiger charge is 2.72. The first-order valence-corrected chi connectivity index (χ1v) is 14.4.